The number of thioether (sulfide) groups is 1. The average Bonchev–Trinajstić information content (AvgIpc) is 2.47. The molecule has 0 saturated heterocycles. The summed E-state index contributed by atoms with van der Waals surface area (Å²) < 4.78 is 13.8. The lowest BCUT2D eigenvalue weighted by atomic mass is 10.0. The molecule has 0 bridgehead atoms. The Morgan fingerprint density at radius 1 is 1.35 bits per heavy atom. The van der Waals surface area contributed by atoms with Gasteiger partial charge < -0.3 is 5.32 Å². The molecule has 2 heterocycles. The zero-order chi connectivity index (χ0) is 13.9. The monoisotopic (exact) mass is 289 g/mol. The summed E-state index contributed by atoms with van der Waals surface area (Å²) in [5, 5.41) is 3.46. The van der Waals surface area contributed by atoms with Crippen LogP contribution in [0.3, 0.4) is 0 Å². The van der Waals surface area contributed by atoms with Gasteiger partial charge in [0.1, 0.15) is 5.82 Å². The van der Waals surface area contributed by atoms with Gasteiger partial charge in [-0.2, -0.15) is 0 Å². The summed E-state index contributed by atoms with van der Waals surface area (Å²) >= 11 is 1.60. The van der Waals surface area contributed by atoms with E-state index in [2.05, 4.69) is 15.3 Å². The van der Waals surface area contributed by atoms with E-state index >= 15 is 0 Å². The molecular formula is C15H16FN3S. The maximum absolute atomic E-state index is 13.8. The highest BCUT2D eigenvalue weighted by atomic mass is 32.2. The number of benzene rings is 1. The maximum atomic E-state index is 13.8. The summed E-state index contributed by atoms with van der Waals surface area (Å²) in [5.74, 6) is 0.819. The Labute approximate surface area is 122 Å². The highest BCUT2D eigenvalue weighted by Crippen LogP contribution is 2.37. The van der Waals surface area contributed by atoms with Gasteiger partial charge in [-0.3, -0.25) is 9.97 Å². The molecule has 1 aliphatic rings. The lowest BCUT2D eigenvalue weighted by Crippen LogP contribution is -2.25. The van der Waals surface area contributed by atoms with E-state index in [-0.39, 0.29) is 11.9 Å². The van der Waals surface area contributed by atoms with E-state index in [0.29, 0.717) is 6.54 Å². The SMILES string of the molecule is Cc1cnc(CNC2CCSc3c(F)cccc32)cn1. The van der Waals surface area contributed by atoms with Crippen molar-refractivity contribution in [1.29, 1.82) is 0 Å². The minimum absolute atomic E-state index is 0.117. The van der Waals surface area contributed by atoms with Crippen LogP contribution >= 0.6 is 11.8 Å². The molecule has 0 amide bonds. The molecule has 0 radical (unpaired) electrons. The van der Waals surface area contributed by atoms with Gasteiger partial charge in [0.15, 0.2) is 0 Å². The van der Waals surface area contributed by atoms with Crippen molar-refractivity contribution in [3.63, 3.8) is 0 Å². The highest BCUT2D eigenvalue weighted by molar-refractivity contribution is 7.99. The van der Waals surface area contributed by atoms with Crippen LogP contribution in [0.2, 0.25) is 0 Å². The second-order valence-electron chi connectivity index (χ2n) is 4.88. The number of aromatic nitrogens is 2. The van der Waals surface area contributed by atoms with Gasteiger partial charge in [-0.1, -0.05) is 12.1 Å². The fourth-order valence-electron chi connectivity index (χ4n) is 2.34. The van der Waals surface area contributed by atoms with E-state index in [9.17, 15) is 4.39 Å². The van der Waals surface area contributed by atoms with E-state index in [1.54, 1.807) is 30.2 Å². The largest absolute Gasteiger partial charge is 0.304 e. The Morgan fingerprint density at radius 2 is 2.25 bits per heavy atom. The molecule has 1 unspecified atom stereocenters. The Morgan fingerprint density at radius 3 is 3.05 bits per heavy atom. The van der Waals surface area contributed by atoms with Crippen LogP contribution in [0.15, 0.2) is 35.5 Å². The number of hydrogen-bond acceptors (Lipinski definition) is 4. The number of nitrogens with one attached hydrogen (secondary N) is 1. The smallest absolute Gasteiger partial charge is 0.137 e. The molecule has 0 spiro atoms. The fourth-order valence-corrected chi connectivity index (χ4v) is 3.48. The van der Waals surface area contributed by atoms with Gasteiger partial charge in [0.05, 0.1) is 11.4 Å². The van der Waals surface area contributed by atoms with Crippen molar-refractivity contribution in [3.8, 4) is 0 Å². The lowest BCUT2D eigenvalue weighted by molar-refractivity contribution is 0.492. The number of hydrogen-bond donors (Lipinski definition) is 1. The Balaban J connectivity index is 1.73. The Kier molecular flexibility index (Phi) is 3.98. The minimum atomic E-state index is -0.117. The van der Waals surface area contributed by atoms with E-state index in [1.807, 2.05) is 13.0 Å². The maximum Gasteiger partial charge on any atom is 0.137 e. The van der Waals surface area contributed by atoms with Gasteiger partial charge in [-0.05, 0) is 30.7 Å². The highest BCUT2D eigenvalue weighted by Gasteiger charge is 2.22. The first-order chi connectivity index (χ1) is 9.74. The van der Waals surface area contributed by atoms with Crippen LogP contribution in [0.5, 0.6) is 0 Å². The summed E-state index contributed by atoms with van der Waals surface area (Å²) in [6.45, 7) is 2.57. The summed E-state index contributed by atoms with van der Waals surface area (Å²) in [5.41, 5.74) is 2.88. The number of fused-ring (bicyclic) bond motifs is 1. The molecule has 1 atom stereocenters. The van der Waals surface area contributed by atoms with Gasteiger partial charge >= 0.3 is 0 Å². The van der Waals surface area contributed by atoms with Crippen LogP contribution in [-0.2, 0) is 6.54 Å². The lowest BCUT2D eigenvalue weighted by Gasteiger charge is -2.26. The number of rotatable bonds is 3. The molecule has 0 aliphatic carbocycles. The second kappa shape index (κ2) is 5.89. The van der Waals surface area contributed by atoms with Crippen molar-refractivity contribution < 1.29 is 4.39 Å². The third-order valence-electron chi connectivity index (χ3n) is 3.39. The standard InChI is InChI=1S/C15H16FN3S/c1-10-7-18-11(8-17-10)9-19-14-5-6-20-15-12(14)3-2-4-13(15)16/h2-4,7-8,14,19H,5-6,9H2,1H3. The van der Waals surface area contributed by atoms with Gasteiger partial charge in [-0.15, -0.1) is 11.8 Å². The van der Waals surface area contributed by atoms with Crippen molar-refractivity contribution in [2.45, 2.75) is 30.8 Å². The summed E-state index contributed by atoms with van der Waals surface area (Å²) in [7, 11) is 0. The Bertz CT molecular complexity index is 601. The average molecular weight is 289 g/mol. The number of halogens is 1. The predicted molar refractivity (Wildman–Crippen MR) is 78.1 cm³/mol. The molecule has 5 heteroatoms. The first-order valence-corrected chi connectivity index (χ1v) is 7.65. The molecule has 0 fully saturated rings. The molecule has 0 saturated carbocycles. The summed E-state index contributed by atoms with van der Waals surface area (Å²) in [4.78, 5) is 9.35. The number of aryl methyl sites for hydroxylation is 1. The van der Waals surface area contributed by atoms with Crippen molar-refractivity contribution in [3.05, 3.63) is 53.4 Å². The van der Waals surface area contributed by atoms with Crippen LogP contribution in [0.4, 0.5) is 4.39 Å². The zero-order valence-electron chi connectivity index (χ0n) is 11.3. The zero-order valence-corrected chi connectivity index (χ0v) is 12.1. The molecule has 104 valence electrons. The van der Waals surface area contributed by atoms with E-state index in [1.165, 1.54) is 6.07 Å². The fraction of sp³-hybridized carbons (Fsp3) is 0.333. The normalized spacial score (nSPS) is 17.8. The van der Waals surface area contributed by atoms with Crippen LogP contribution in [0, 0.1) is 12.7 Å². The van der Waals surface area contributed by atoms with E-state index < -0.39 is 0 Å². The van der Waals surface area contributed by atoms with E-state index in [4.69, 9.17) is 0 Å². The third kappa shape index (κ3) is 2.83. The predicted octanol–water partition coefficient (Wildman–Crippen LogP) is 3.25. The number of nitrogens with zero attached hydrogens (tertiary/aromatic N) is 2. The molecule has 2 aromatic rings. The van der Waals surface area contributed by atoms with Gasteiger partial charge in [-0.25, -0.2) is 4.39 Å². The van der Waals surface area contributed by atoms with Crippen molar-refractivity contribution in [2.24, 2.45) is 0 Å². The quantitative estimate of drug-likeness (QED) is 0.941. The second-order valence-corrected chi connectivity index (χ2v) is 5.98. The topological polar surface area (TPSA) is 37.8 Å². The van der Waals surface area contributed by atoms with Crippen molar-refractivity contribution >= 4 is 11.8 Å². The molecule has 3 nitrogen and oxygen atoms in total. The van der Waals surface area contributed by atoms with Crippen LogP contribution in [0.1, 0.15) is 29.4 Å². The molecule has 1 aliphatic heterocycles. The van der Waals surface area contributed by atoms with Crippen molar-refractivity contribution in [1.82, 2.24) is 15.3 Å². The minimum Gasteiger partial charge on any atom is -0.304 e. The first kappa shape index (κ1) is 13.5. The molecule has 1 aromatic carbocycles. The Hall–Kier alpha value is -1.46. The first-order valence-electron chi connectivity index (χ1n) is 6.66. The van der Waals surface area contributed by atoms with Crippen LogP contribution in [-0.4, -0.2) is 15.7 Å². The molecule has 3 rings (SSSR count). The molecular weight excluding hydrogens is 273 g/mol. The summed E-state index contributed by atoms with van der Waals surface area (Å²) in [6.07, 6.45) is 4.55. The van der Waals surface area contributed by atoms with E-state index in [0.717, 1.165) is 34.0 Å². The summed E-state index contributed by atoms with van der Waals surface area (Å²) in [6, 6.07) is 5.49. The molecule has 1 aromatic heterocycles. The van der Waals surface area contributed by atoms with Crippen LogP contribution < -0.4 is 5.32 Å². The van der Waals surface area contributed by atoms with Crippen molar-refractivity contribution in [2.75, 3.05) is 5.75 Å². The van der Waals surface area contributed by atoms with Gasteiger partial charge in [0.25, 0.3) is 0 Å². The third-order valence-corrected chi connectivity index (χ3v) is 4.55. The van der Waals surface area contributed by atoms with Crippen LogP contribution in [0.25, 0.3) is 0 Å². The molecule has 1 N–H and O–H groups in total. The van der Waals surface area contributed by atoms with Gasteiger partial charge in [0.2, 0.25) is 0 Å². The molecule has 20 heavy (non-hydrogen) atoms. The van der Waals surface area contributed by atoms with Gasteiger partial charge in [0, 0.05) is 29.9 Å².